The fraction of sp³-hybridized carbons (Fsp3) is 0.667. The van der Waals surface area contributed by atoms with E-state index in [-0.39, 0.29) is 35.7 Å². The largest absolute Gasteiger partial charge is 0.514 e. The first-order chi connectivity index (χ1) is 16.6. The molecular weight excluding hydrogens is 462 g/mol. The Bertz CT molecular complexity index is 906. The fourth-order valence-corrected chi connectivity index (χ4v) is 4.69. The molecule has 1 aromatic rings. The maximum atomic E-state index is 12.3. The first kappa shape index (κ1) is 26.8. The van der Waals surface area contributed by atoms with Crippen molar-refractivity contribution in [3.05, 3.63) is 34.4 Å². The van der Waals surface area contributed by atoms with Crippen molar-refractivity contribution in [2.75, 3.05) is 7.11 Å². The van der Waals surface area contributed by atoms with Gasteiger partial charge in [0.05, 0.1) is 18.0 Å². The summed E-state index contributed by atoms with van der Waals surface area (Å²) in [4.78, 5) is 45.6. The van der Waals surface area contributed by atoms with Crippen molar-refractivity contribution in [3.63, 3.8) is 0 Å². The first-order valence-corrected chi connectivity index (χ1v) is 11.8. The Morgan fingerprint density at radius 2 is 1.97 bits per heavy atom. The molecule has 0 aromatic heterocycles. The molecule has 1 spiro atoms. The van der Waals surface area contributed by atoms with Crippen LogP contribution in [-0.4, -0.2) is 41.8 Å². The van der Waals surface area contributed by atoms with Crippen LogP contribution in [0, 0.1) is 22.0 Å². The van der Waals surface area contributed by atoms with Crippen LogP contribution in [0.2, 0.25) is 0 Å². The van der Waals surface area contributed by atoms with Crippen LogP contribution in [0.4, 0.5) is 10.5 Å². The van der Waals surface area contributed by atoms with Gasteiger partial charge in [-0.15, -0.1) is 0 Å². The van der Waals surface area contributed by atoms with Gasteiger partial charge >= 0.3 is 12.1 Å². The molecule has 11 nitrogen and oxygen atoms in total. The predicted octanol–water partition coefficient (Wildman–Crippen LogP) is 5.06. The van der Waals surface area contributed by atoms with Crippen LogP contribution in [0.15, 0.2) is 24.3 Å². The molecule has 35 heavy (non-hydrogen) atoms. The molecule has 2 aliphatic rings. The lowest BCUT2D eigenvalue weighted by Crippen LogP contribution is -2.43. The van der Waals surface area contributed by atoms with Gasteiger partial charge in [0.1, 0.15) is 11.9 Å². The molecule has 1 saturated carbocycles. The number of carbonyl (C=O) groups is 2. The number of rotatable bonds is 9. The van der Waals surface area contributed by atoms with Gasteiger partial charge in [0.2, 0.25) is 11.6 Å². The second kappa shape index (κ2) is 11.3. The van der Waals surface area contributed by atoms with Crippen molar-refractivity contribution in [1.82, 2.24) is 0 Å². The molecule has 5 atom stereocenters. The van der Waals surface area contributed by atoms with Gasteiger partial charge in [-0.25, -0.2) is 4.79 Å². The van der Waals surface area contributed by atoms with Gasteiger partial charge in [-0.3, -0.25) is 14.9 Å². The SMILES string of the molecule is CCC(CC(C)C(=O)OC)CC1(C)OOC2(CCCC(OC(=O)Oc3ccc([N+](=O)[O-])cc3)C2)O1. The van der Waals surface area contributed by atoms with E-state index in [0.717, 1.165) is 6.42 Å². The highest BCUT2D eigenvalue weighted by Gasteiger charge is 2.53. The van der Waals surface area contributed by atoms with E-state index in [1.165, 1.54) is 31.4 Å². The maximum Gasteiger partial charge on any atom is 0.514 e. The molecule has 3 rings (SSSR count). The number of ether oxygens (including phenoxy) is 4. The van der Waals surface area contributed by atoms with E-state index in [0.29, 0.717) is 32.1 Å². The maximum absolute atomic E-state index is 12.3. The summed E-state index contributed by atoms with van der Waals surface area (Å²) < 4.78 is 21.7. The van der Waals surface area contributed by atoms with Crippen molar-refractivity contribution in [3.8, 4) is 5.75 Å². The number of nitro benzene ring substituents is 1. The molecule has 0 amide bonds. The summed E-state index contributed by atoms with van der Waals surface area (Å²) in [6, 6.07) is 5.14. The van der Waals surface area contributed by atoms with Crippen molar-refractivity contribution in [1.29, 1.82) is 0 Å². The Labute approximate surface area is 204 Å². The Kier molecular flexibility index (Phi) is 8.68. The van der Waals surface area contributed by atoms with Gasteiger partial charge < -0.3 is 18.9 Å². The molecule has 1 saturated heterocycles. The molecule has 5 unspecified atom stereocenters. The zero-order chi connectivity index (χ0) is 25.6. The molecule has 0 bridgehead atoms. The average molecular weight is 496 g/mol. The number of non-ortho nitro benzene ring substituents is 1. The van der Waals surface area contributed by atoms with Gasteiger partial charge in [-0.05, 0) is 44.2 Å². The van der Waals surface area contributed by atoms with E-state index in [1.54, 1.807) is 6.92 Å². The number of nitro groups is 1. The van der Waals surface area contributed by atoms with E-state index in [2.05, 4.69) is 0 Å². The number of esters is 1. The third-order valence-corrected chi connectivity index (χ3v) is 6.43. The van der Waals surface area contributed by atoms with Gasteiger partial charge in [0, 0.05) is 31.4 Å². The van der Waals surface area contributed by atoms with Crippen molar-refractivity contribution in [2.45, 2.75) is 83.4 Å². The molecule has 0 radical (unpaired) electrons. The zero-order valence-electron chi connectivity index (χ0n) is 20.5. The first-order valence-electron chi connectivity index (χ1n) is 11.8. The standard InChI is InChI=1S/C24H33NO10/c1-5-17(13-16(2)21(26)30-4)14-23(3)33-24(35-34-23)12-6-7-20(15-24)32-22(27)31-19-10-8-18(9-11-19)25(28)29/h8-11,16-17,20H,5-7,12-15H2,1-4H3. The van der Waals surface area contributed by atoms with Crippen molar-refractivity contribution >= 4 is 17.8 Å². The molecule has 1 aromatic carbocycles. The Hall–Kier alpha value is -2.76. The summed E-state index contributed by atoms with van der Waals surface area (Å²) in [7, 11) is 1.38. The minimum atomic E-state index is -1.04. The van der Waals surface area contributed by atoms with Crippen LogP contribution < -0.4 is 4.74 Å². The lowest BCUT2D eigenvalue weighted by atomic mass is 9.87. The molecule has 1 heterocycles. The second-order valence-corrected chi connectivity index (χ2v) is 9.39. The van der Waals surface area contributed by atoms with E-state index in [1.807, 2.05) is 13.8 Å². The third kappa shape index (κ3) is 7.12. The van der Waals surface area contributed by atoms with Gasteiger partial charge in [-0.1, -0.05) is 20.3 Å². The predicted molar refractivity (Wildman–Crippen MR) is 121 cm³/mol. The van der Waals surface area contributed by atoms with E-state index in [9.17, 15) is 19.7 Å². The summed E-state index contributed by atoms with van der Waals surface area (Å²) in [5, 5.41) is 10.7. The van der Waals surface area contributed by atoms with Gasteiger partial charge in [-0.2, -0.15) is 9.78 Å². The highest BCUT2D eigenvalue weighted by molar-refractivity contribution is 5.71. The highest BCUT2D eigenvalue weighted by Crippen LogP contribution is 2.46. The zero-order valence-corrected chi connectivity index (χ0v) is 20.5. The third-order valence-electron chi connectivity index (χ3n) is 6.43. The van der Waals surface area contributed by atoms with Crippen LogP contribution in [0.1, 0.15) is 65.7 Å². The summed E-state index contributed by atoms with van der Waals surface area (Å²) in [6.45, 7) is 5.69. The number of methoxy groups -OCH3 is 1. The topological polar surface area (TPSA) is 133 Å². The monoisotopic (exact) mass is 495 g/mol. The minimum Gasteiger partial charge on any atom is -0.469 e. The van der Waals surface area contributed by atoms with Crippen LogP contribution in [0.25, 0.3) is 0 Å². The Balaban J connectivity index is 1.54. The summed E-state index contributed by atoms with van der Waals surface area (Å²) in [6.07, 6.45) is 2.71. The number of hydrogen-bond acceptors (Lipinski definition) is 10. The minimum absolute atomic E-state index is 0.108. The normalized spacial score (nSPS) is 27.7. The van der Waals surface area contributed by atoms with Crippen LogP contribution in [-0.2, 0) is 28.8 Å². The summed E-state index contributed by atoms with van der Waals surface area (Å²) in [5.74, 6) is -2.24. The molecule has 2 fully saturated rings. The van der Waals surface area contributed by atoms with Crippen LogP contribution >= 0.6 is 0 Å². The van der Waals surface area contributed by atoms with Crippen LogP contribution in [0.3, 0.4) is 0 Å². The van der Waals surface area contributed by atoms with Gasteiger partial charge in [0.25, 0.3) is 5.69 Å². The highest BCUT2D eigenvalue weighted by atomic mass is 17.3. The molecule has 194 valence electrons. The van der Waals surface area contributed by atoms with E-state index >= 15 is 0 Å². The molecular formula is C24H33NO10. The Morgan fingerprint density at radius 3 is 2.60 bits per heavy atom. The molecule has 1 aliphatic heterocycles. The number of benzene rings is 1. The number of hydrogen-bond donors (Lipinski definition) is 0. The lowest BCUT2D eigenvalue weighted by molar-refractivity contribution is -0.384. The molecule has 11 heteroatoms. The lowest BCUT2D eigenvalue weighted by Gasteiger charge is -2.35. The number of nitrogens with zero attached hydrogens (tertiary/aromatic N) is 1. The molecule has 1 aliphatic carbocycles. The molecule has 0 N–H and O–H groups in total. The van der Waals surface area contributed by atoms with Gasteiger partial charge in [0.15, 0.2) is 0 Å². The van der Waals surface area contributed by atoms with Crippen molar-refractivity contribution in [2.24, 2.45) is 11.8 Å². The van der Waals surface area contributed by atoms with E-state index in [4.69, 9.17) is 28.7 Å². The summed E-state index contributed by atoms with van der Waals surface area (Å²) in [5.41, 5.74) is -0.108. The van der Waals surface area contributed by atoms with Crippen molar-refractivity contribution < 1.29 is 43.2 Å². The average Bonchev–Trinajstić information content (AvgIpc) is 3.13. The van der Waals surface area contributed by atoms with Crippen LogP contribution in [0.5, 0.6) is 5.75 Å². The number of carbonyl (C=O) groups excluding carboxylic acids is 2. The fourth-order valence-electron chi connectivity index (χ4n) is 4.69. The quantitative estimate of drug-likeness (QED) is 0.150. The Morgan fingerprint density at radius 1 is 1.26 bits per heavy atom. The van der Waals surface area contributed by atoms with E-state index < -0.39 is 28.8 Å². The second-order valence-electron chi connectivity index (χ2n) is 9.39. The smallest absolute Gasteiger partial charge is 0.469 e. The summed E-state index contributed by atoms with van der Waals surface area (Å²) >= 11 is 0.